The number of H-pyrrole nitrogens is 1. The average Bonchev–Trinajstić information content (AvgIpc) is 3.67. The van der Waals surface area contributed by atoms with Crippen LogP contribution in [-0.2, 0) is 30.7 Å². The van der Waals surface area contributed by atoms with E-state index in [1.165, 1.54) is 0 Å². The predicted molar refractivity (Wildman–Crippen MR) is 147 cm³/mol. The van der Waals surface area contributed by atoms with Gasteiger partial charge in [-0.2, -0.15) is 5.21 Å². The number of esters is 1. The van der Waals surface area contributed by atoms with Crippen molar-refractivity contribution in [3.05, 3.63) is 93.4 Å². The van der Waals surface area contributed by atoms with E-state index in [9.17, 15) is 14.7 Å². The summed E-state index contributed by atoms with van der Waals surface area (Å²) in [5, 5.41) is 24.5. The number of hydrogen-bond donors (Lipinski definition) is 2. The molecule has 0 aliphatic heterocycles. The number of benzene rings is 2. The number of rotatable bonds is 11. The number of ether oxygens (including phenoxy) is 1. The molecule has 1 unspecified atom stereocenters. The number of nitrogens with zero attached hydrogens (tertiary/aromatic N) is 5. The number of nitrogens with one attached hydrogen (secondary N) is 1. The zero-order valence-corrected chi connectivity index (χ0v) is 23.0. The monoisotopic (exact) mass is 558 g/mol. The molecule has 12 heteroatoms. The SMILES string of the molecule is CCCc1nc(CC(C)O)c(C(=O)OCc2oc(=O)oc2C)n1Cc1ccc(-c2ccccc2-c2nn[nH]n2)cc1. The third-order valence-electron chi connectivity index (χ3n) is 6.56. The van der Waals surface area contributed by atoms with Crippen LogP contribution in [0.15, 0.2) is 62.2 Å². The van der Waals surface area contributed by atoms with Gasteiger partial charge in [0, 0.05) is 24.9 Å². The van der Waals surface area contributed by atoms with E-state index in [0.29, 0.717) is 30.3 Å². The molecule has 3 aromatic heterocycles. The molecule has 0 amide bonds. The quantitative estimate of drug-likeness (QED) is 0.228. The summed E-state index contributed by atoms with van der Waals surface area (Å²) in [4.78, 5) is 29.5. The summed E-state index contributed by atoms with van der Waals surface area (Å²) in [6, 6.07) is 15.8. The first-order valence-electron chi connectivity index (χ1n) is 13.3. The molecule has 2 N–H and O–H groups in total. The molecule has 1 atom stereocenters. The Kier molecular flexibility index (Phi) is 8.20. The first-order chi connectivity index (χ1) is 19.8. The Bertz CT molecular complexity index is 1680. The summed E-state index contributed by atoms with van der Waals surface area (Å²) in [6.07, 6.45) is 0.906. The highest BCUT2D eigenvalue weighted by Crippen LogP contribution is 2.30. The molecule has 0 spiro atoms. The number of carbonyl (C=O) groups is 1. The van der Waals surface area contributed by atoms with Crippen molar-refractivity contribution in [2.45, 2.75) is 59.3 Å². The van der Waals surface area contributed by atoms with Crippen LogP contribution in [-0.4, -0.2) is 47.4 Å². The number of aromatic amines is 1. The van der Waals surface area contributed by atoms with Crippen LogP contribution < -0.4 is 5.82 Å². The maximum atomic E-state index is 13.4. The van der Waals surface area contributed by atoms with Crippen molar-refractivity contribution in [2.75, 3.05) is 0 Å². The van der Waals surface area contributed by atoms with Crippen molar-refractivity contribution in [1.29, 1.82) is 0 Å². The number of carbonyl (C=O) groups excluding carboxylic acids is 1. The van der Waals surface area contributed by atoms with Crippen LogP contribution in [0.4, 0.5) is 0 Å². The van der Waals surface area contributed by atoms with Crippen LogP contribution in [0, 0.1) is 6.92 Å². The highest BCUT2D eigenvalue weighted by Gasteiger charge is 2.26. The van der Waals surface area contributed by atoms with E-state index in [1.54, 1.807) is 13.8 Å². The molecule has 5 rings (SSSR count). The normalized spacial score (nSPS) is 12.0. The van der Waals surface area contributed by atoms with Gasteiger partial charge in [-0.1, -0.05) is 55.5 Å². The van der Waals surface area contributed by atoms with Crippen molar-refractivity contribution < 1.29 is 23.5 Å². The third kappa shape index (κ3) is 6.17. The van der Waals surface area contributed by atoms with Gasteiger partial charge in [0.1, 0.15) is 5.82 Å². The van der Waals surface area contributed by atoms with Gasteiger partial charge in [-0.25, -0.2) is 14.6 Å². The first kappa shape index (κ1) is 27.7. The molecule has 0 bridgehead atoms. The molecule has 41 heavy (non-hydrogen) atoms. The molecule has 212 valence electrons. The number of aliphatic hydroxyl groups is 1. The van der Waals surface area contributed by atoms with Gasteiger partial charge in [0.05, 0.1) is 11.8 Å². The number of aryl methyl sites for hydroxylation is 2. The van der Waals surface area contributed by atoms with Gasteiger partial charge in [0.2, 0.25) is 5.82 Å². The number of aliphatic hydroxyl groups excluding tert-OH is 1. The van der Waals surface area contributed by atoms with Crippen LogP contribution >= 0.6 is 0 Å². The second-order valence-electron chi connectivity index (χ2n) is 9.70. The topological polar surface area (TPSA) is 162 Å². The van der Waals surface area contributed by atoms with E-state index in [1.807, 2.05) is 60.0 Å². The summed E-state index contributed by atoms with van der Waals surface area (Å²) in [5.74, 6) is 0.107. The highest BCUT2D eigenvalue weighted by molar-refractivity contribution is 5.89. The van der Waals surface area contributed by atoms with E-state index < -0.39 is 17.9 Å². The molecule has 0 fully saturated rings. The van der Waals surface area contributed by atoms with Gasteiger partial charge in [0.25, 0.3) is 0 Å². The van der Waals surface area contributed by atoms with Gasteiger partial charge in [0.15, 0.2) is 23.8 Å². The fraction of sp³-hybridized carbons (Fsp3) is 0.310. The molecule has 5 aromatic rings. The Balaban J connectivity index is 1.46. The van der Waals surface area contributed by atoms with Crippen LogP contribution in [0.25, 0.3) is 22.5 Å². The van der Waals surface area contributed by atoms with Crippen molar-refractivity contribution >= 4 is 5.97 Å². The fourth-order valence-corrected chi connectivity index (χ4v) is 4.67. The van der Waals surface area contributed by atoms with Crippen molar-refractivity contribution in [1.82, 2.24) is 30.2 Å². The molecule has 0 saturated carbocycles. The Morgan fingerprint density at radius 3 is 2.51 bits per heavy atom. The van der Waals surface area contributed by atoms with E-state index in [2.05, 4.69) is 20.6 Å². The molecule has 0 radical (unpaired) electrons. The molecule has 2 aromatic carbocycles. The molecule has 3 heterocycles. The highest BCUT2D eigenvalue weighted by atomic mass is 16.6. The predicted octanol–water partition coefficient (Wildman–Crippen LogP) is 3.87. The second kappa shape index (κ2) is 12.1. The Labute approximate surface area is 235 Å². The maximum Gasteiger partial charge on any atom is 0.519 e. The minimum atomic E-state index is -0.859. The van der Waals surface area contributed by atoms with Gasteiger partial charge >= 0.3 is 11.8 Å². The van der Waals surface area contributed by atoms with E-state index in [-0.39, 0.29) is 30.2 Å². The number of hydrogen-bond acceptors (Lipinski definition) is 10. The van der Waals surface area contributed by atoms with Crippen LogP contribution in [0.3, 0.4) is 0 Å². The summed E-state index contributed by atoms with van der Waals surface area (Å²) >= 11 is 0. The van der Waals surface area contributed by atoms with Crippen molar-refractivity contribution in [3.8, 4) is 22.5 Å². The summed E-state index contributed by atoms with van der Waals surface area (Å²) in [5.41, 5.74) is 4.42. The zero-order chi connectivity index (χ0) is 28.9. The van der Waals surface area contributed by atoms with Gasteiger partial charge in [-0.05, 0) is 42.2 Å². The average molecular weight is 559 g/mol. The number of aromatic nitrogens is 6. The minimum Gasteiger partial charge on any atom is -0.453 e. The minimum absolute atomic E-state index is 0.136. The van der Waals surface area contributed by atoms with Crippen LogP contribution in [0.1, 0.15) is 59.4 Å². The Hall–Kier alpha value is -4.84. The molecule has 0 aliphatic rings. The standard InChI is InChI=1S/C29H30N6O6/c1-4-7-25-30-23(14-17(2)36)26(28(37)39-16-24-18(3)40-29(38)41-24)35(25)15-19-10-12-20(13-11-19)21-8-5-6-9-22(21)27-31-33-34-32-27/h5-6,8-13,17,36H,4,7,14-16H2,1-3H3,(H,31,32,33,34). The van der Waals surface area contributed by atoms with Crippen molar-refractivity contribution in [2.24, 2.45) is 0 Å². The Morgan fingerprint density at radius 1 is 1.12 bits per heavy atom. The number of tetrazole rings is 1. The van der Waals surface area contributed by atoms with E-state index in [4.69, 9.17) is 18.6 Å². The number of imidazole rings is 1. The van der Waals surface area contributed by atoms with Gasteiger partial charge in [-0.15, -0.1) is 10.2 Å². The van der Waals surface area contributed by atoms with E-state index >= 15 is 0 Å². The third-order valence-corrected chi connectivity index (χ3v) is 6.56. The summed E-state index contributed by atoms with van der Waals surface area (Å²) in [7, 11) is 0. The lowest BCUT2D eigenvalue weighted by molar-refractivity contribution is 0.0428. The lowest BCUT2D eigenvalue weighted by atomic mass is 9.98. The zero-order valence-electron chi connectivity index (χ0n) is 23.0. The van der Waals surface area contributed by atoms with Crippen LogP contribution in [0.2, 0.25) is 0 Å². The van der Waals surface area contributed by atoms with Gasteiger partial charge < -0.3 is 23.2 Å². The first-order valence-corrected chi connectivity index (χ1v) is 13.3. The largest absolute Gasteiger partial charge is 0.519 e. The lowest BCUT2D eigenvalue weighted by Crippen LogP contribution is -2.18. The van der Waals surface area contributed by atoms with Gasteiger partial charge in [-0.3, -0.25) is 0 Å². The fourth-order valence-electron chi connectivity index (χ4n) is 4.67. The molecular weight excluding hydrogens is 528 g/mol. The molecule has 12 nitrogen and oxygen atoms in total. The van der Waals surface area contributed by atoms with Crippen LogP contribution in [0.5, 0.6) is 0 Å². The molecular formula is C29H30N6O6. The van der Waals surface area contributed by atoms with Crippen molar-refractivity contribution in [3.63, 3.8) is 0 Å². The summed E-state index contributed by atoms with van der Waals surface area (Å²) < 4.78 is 17.2. The smallest absolute Gasteiger partial charge is 0.453 e. The lowest BCUT2D eigenvalue weighted by Gasteiger charge is -2.14. The summed E-state index contributed by atoms with van der Waals surface area (Å²) in [6.45, 7) is 5.32. The molecule has 0 aliphatic carbocycles. The maximum absolute atomic E-state index is 13.4. The molecule has 0 saturated heterocycles. The van der Waals surface area contributed by atoms with E-state index in [0.717, 1.165) is 28.7 Å². The second-order valence-corrected chi connectivity index (χ2v) is 9.70. The Morgan fingerprint density at radius 2 is 1.88 bits per heavy atom.